The summed E-state index contributed by atoms with van der Waals surface area (Å²) >= 11 is 0. The van der Waals surface area contributed by atoms with Crippen LogP contribution in [-0.4, -0.2) is 5.97 Å². The third kappa shape index (κ3) is 2.23. The molecule has 0 amide bonds. The van der Waals surface area contributed by atoms with E-state index in [0.29, 0.717) is 11.8 Å². The minimum atomic E-state index is -1.13. The molecule has 2 aliphatic rings. The zero-order chi connectivity index (χ0) is 16.8. The molecule has 4 rings (SSSR count). The number of anilines is 1. The summed E-state index contributed by atoms with van der Waals surface area (Å²) < 4.78 is 0. The molecular weight excluding hydrogens is 298 g/mol. The standard InChI is InChI=1S/C21H21NO2/c1-12-6-11-18-16-4-3-5-17(16)20(22-19(18)13(12)2)14-7-9-15(10-8-14)21(23)24/h3-4,6-11,16-17,20,22H,5H2,1-2H3,(H,23,24)/p-1/t16-,17-,20+/m0/s1. The first-order valence-corrected chi connectivity index (χ1v) is 8.41. The van der Waals surface area contributed by atoms with E-state index in [4.69, 9.17) is 0 Å². The molecule has 1 aliphatic carbocycles. The SMILES string of the molecule is Cc1ccc2c(c1C)N[C@H](c1ccc(C(=O)[O-])cc1)[C@H]1CC=C[C@H]21. The van der Waals surface area contributed by atoms with E-state index in [1.165, 1.54) is 22.4 Å². The van der Waals surface area contributed by atoms with Gasteiger partial charge < -0.3 is 15.2 Å². The molecule has 0 saturated carbocycles. The second-order valence-corrected chi connectivity index (χ2v) is 6.86. The number of benzene rings is 2. The van der Waals surface area contributed by atoms with Crippen LogP contribution in [0.25, 0.3) is 0 Å². The number of carbonyl (C=O) groups excluding carboxylic acids is 1. The Morgan fingerprint density at radius 1 is 1.12 bits per heavy atom. The Hall–Kier alpha value is -2.55. The van der Waals surface area contributed by atoms with Gasteiger partial charge in [-0.05, 0) is 54.0 Å². The summed E-state index contributed by atoms with van der Waals surface area (Å²) in [4.78, 5) is 11.0. The number of carboxylic acid groups (broad SMARTS) is 1. The summed E-state index contributed by atoms with van der Waals surface area (Å²) in [5.74, 6) is -0.241. The zero-order valence-corrected chi connectivity index (χ0v) is 13.9. The van der Waals surface area contributed by atoms with E-state index in [2.05, 4.69) is 43.4 Å². The minimum Gasteiger partial charge on any atom is -0.545 e. The number of aryl methyl sites for hydroxylation is 1. The van der Waals surface area contributed by atoms with Crippen LogP contribution >= 0.6 is 0 Å². The average molecular weight is 318 g/mol. The van der Waals surface area contributed by atoms with Crippen LogP contribution in [-0.2, 0) is 0 Å². The van der Waals surface area contributed by atoms with E-state index in [1.807, 2.05) is 12.1 Å². The van der Waals surface area contributed by atoms with Gasteiger partial charge in [-0.15, -0.1) is 0 Å². The van der Waals surface area contributed by atoms with Crippen molar-refractivity contribution in [2.75, 3.05) is 5.32 Å². The number of carbonyl (C=O) groups is 1. The van der Waals surface area contributed by atoms with Crippen LogP contribution in [0.5, 0.6) is 0 Å². The maximum absolute atomic E-state index is 11.0. The van der Waals surface area contributed by atoms with Crippen LogP contribution < -0.4 is 10.4 Å². The van der Waals surface area contributed by atoms with Crippen LogP contribution in [0.3, 0.4) is 0 Å². The second kappa shape index (κ2) is 5.52. The monoisotopic (exact) mass is 318 g/mol. The first-order chi connectivity index (χ1) is 11.6. The molecule has 0 fully saturated rings. The summed E-state index contributed by atoms with van der Waals surface area (Å²) in [6.07, 6.45) is 5.63. The van der Waals surface area contributed by atoms with Gasteiger partial charge in [0.1, 0.15) is 0 Å². The number of fused-ring (bicyclic) bond motifs is 3. The molecule has 1 N–H and O–H groups in total. The number of nitrogens with one attached hydrogen (secondary N) is 1. The third-order valence-corrected chi connectivity index (χ3v) is 5.57. The number of rotatable bonds is 2. The summed E-state index contributed by atoms with van der Waals surface area (Å²) in [6.45, 7) is 4.30. The van der Waals surface area contributed by atoms with Gasteiger partial charge in [-0.1, -0.05) is 48.6 Å². The predicted octanol–water partition coefficient (Wildman–Crippen LogP) is 3.49. The van der Waals surface area contributed by atoms with Crippen molar-refractivity contribution in [3.8, 4) is 0 Å². The van der Waals surface area contributed by atoms with E-state index >= 15 is 0 Å². The average Bonchev–Trinajstić information content (AvgIpc) is 3.07. The Morgan fingerprint density at radius 2 is 1.88 bits per heavy atom. The van der Waals surface area contributed by atoms with Gasteiger partial charge in [-0.25, -0.2) is 0 Å². The third-order valence-electron chi connectivity index (χ3n) is 5.57. The van der Waals surface area contributed by atoms with Gasteiger partial charge in [0.15, 0.2) is 0 Å². The first-order valence-electron chi connectivity index (χ1n) is 8.41. The number of hydrogen-bond acceptors (Lipinski definition) is 3. The van der Waals surface area contributed by atoms with E-state index in [1.54, 1.807) is 12.1 Å². The lowest BCUT2D eigenvalue weighted by atomic mass is 9.76. The quantitative estimate of drug-likeness (QED) is 0.862. The lowest BCUT2D eigenvalue weighted by Crippen LogP contribution is -2.30. The van der Waals surface area contributed by atoms with Crippen LogP contribution in [0, 0.1) is 19.8 Å². The van der Waals surface area contributed by atoms with E-state index in [9.17, 15) is 9.90 Å². The van der Waals surface area contributed by atoms with Gasteiger partial charge >= 0.3 is 0 Å². The molecular formula is C21H20NO2-. The van der Waals surface area contributed by atoms with Crippen molar-refractivity contribution in [1.29, 1.82) is 0 Å². The van der Waals surface area contributed by atoms with E-state index in [0.717, 1.165) is 12.0 Å². The minimum absolute atomic E-state index is 0.189. The number of aromatic carboxylic acids is 1. The van der Waals surface area contributed by atoms with Crippen molar-refractivity contribution in [2.45, 2.75) is 32.2 Å². The molecule has 0 bridgehead atoms. The Labute approximate surface area is 142 Å². The fourth-order valence-corrected chi connectivity index (χ4v) is 4.08. The second-order valence-electron chi connectivity index (χ2n) is 6.86. The molecule has 0 spiro atoms. The highest BCUT2D eigenvalue weighted by atomic mass is 16.4. The highest BCUT2D eigenvalue weighted by Gasteiger charge is 2.38. The van der Waals surface area contributed by atoms with Gasteiger partial charge in [0.25, 0.3) is 0 Å². The van der Waals surface area contributed by atoms with Crippen molar-refractivity contribution in [3.05, 3.63) is 76.4 Å². The van der Waals surface area contributed by atoms with Crippen molar-refractivity contribution >= 4 is 11.7 Å². The molecule has 3 nitrogen and oxygen atoms in total. The molecule has 122 valence electrons. The molecule has 24 heavy (non-hydrogen) atoms. The van der Waals surface area contributed by atoms with Gasteiger partial charge in [-0.2, -0.15) is 0 Å². The highest BCUT2D eigenvalue weighted by molar-refractivity contribution is 5.85. The molecule has 2 aromatic rings. The van der Waals surface area contributed by atoms with Crippen molar-refractivity contribution in [3.63, 3.8) is 0 Å². The van der Waals surface area contributed by atoms with Gasteiger partial charge in [0, 0.05) is 11.6 Å². The summed E-state index contributed by atoms with van der Waals surface area (Å²) in [5.41, 5.74) is 6.54. The molecule has 1 aliphatic heterocycles. The van der Waals surface area contributed by atoms with Crippen molar-refractivity contribution in [1.82, 2.24) is 0 Å². The summed E-state index contributed by atoms with van der Waals surface area (Å²) in [5, 5.41) is 14.7. The van der Waals surface area contributed by atoms with Crippen LogP contribution in [0.1, 0.15) is 51.0 Å². The van der Waals surface area contributed by atoms with Gasteiger partial charge in [0.2, 0.25) is 0 Å². The molecule has 0 radical (unpaired) electrons. The Balaban J connectivity index is 1.77. The zero-order valence-electron chi connectivity index (χ0n) is 13.9. The van der Waals surface area contributed by atoms with Crippen molar-refractivity contribution in [2.24, 2.45) is 5.92 Å². The molecule has 0 aromatic heterocycles. The maximum Gasteiger partial charge on any atom is 0.0715 e. The summed E-state index contributed by atoms with van der Waals surface area (Å²) in [7, 11) is 0. The van der Waals surface area contributed by atoms with Crippen LogP contribution in [0.4, 0.5) is 5.69 Å². The lowest BCUT2D eigenvalue weighted by molar-refractivity contribution is -0.255. The molecule has 2 aromatic carbocycles. The molecule has 0 unspecified atom stereocenters. The van der Waals surface area contributed by atoms with Crippen LogP contribution in [0.2, 0.25) is 0 Å². The Kier molecular flexibility index (Phi) is 3.45. The topological polar surface area (TPSA) is 52.2 Å². The van der Waals surface area contributed by atoms with E-state index < -0.39 is 5.97 Å². The number of carboxylic acids is 1. The normalized spacial score (nSPS) is 24.2. The van der Waals surface area contributed by atoms with Gasteiger partial charge in [-0.3, -0.25) is 0 Å². The number of allylic oxidation sites excluding steroid dienone is 2. The highest BCUT2D eigenvalue weighted by Crippen LogP contribution is 2.50. The number of hydrogen-bond donors (Lipinski definition) is 1. The fourth-order valence-electron chi connectivity index (χ4n) is 4.08. The Morgan fingerprint density at radius 3 is 2.58 bits per heavy atom. The molecule has 1 heterocycles. The fraction of sp³-hybridized carbons (Fsp3) is 0.286. The molecule has 3 heteroatoms. The predicted molar refractivity (Wildman–Crippen MR) is 93.0 cm³/mol. The maximum atomic E-state index is 11.0. The molecule has 3 atom stereocenters. The molecule has 0 saturated heterocycles. The lowest BCUT2D eigenvalue weighted by Gasteiger charge is -2.38. The summed E-state index contributed by atoms with van der Waals surface area (Å²) in [6, 6.07) is 11.7. The van der Waals surface area contributed by atoms with E-state index in [-0.39, 0.29) is 11.6 Å². The van der Waals surface area contributed by atoms with Gasteiger partial charge in [0.05, 0.1) is 12.0 Å². The first kappa shape index (κ1) is 15.0. The van der Waals surface area contributed by atoms with Crippen molar-refractivity contribution < 1.29 is 9.90 Å². The largest absolute Gasteiger partial charge is 0.545 e. The Bertz CT molecular complexity index is 836. The van der Waals surface area contributed by atoms with Crippen LogP contribution in [0.15, 0.2) is 48.6 Å². The smallest absolute Gasteiger partial charge is 0.0715 e.